The number of halogens is 1. The largest absolute Gasteiger partial charge is 0.493 e. The van der Waals surface area contributed by atoms with Crippen LogP contribution in [0.4, 0.5) is 0 Å². The maximum atomic E-state index is 10.9. The first-order valence-corrected chi connectivity index (χ1v) is 8.75. The van der Waals surface area contributed by atoms with Crippen LogP contribution in [0.25, 0.3) is 0 Å². The van der Waals surface area contributed by atoms with Gasteiger partial charge in [0.25, 0.3) is 0 Å². The van der Waals surface area contributed by atoms with Crippen LogP contribution in [0.3, 0.4) is 0 Å². The first-order chi connectivity index (χ1) is 12.5. The smallest absolute Gasteiger partial charge is 0.236 e. The number of aryl methyl sites for hydroxylation is 2. The van der Waals surface area contributed by atoms with Crippen LogP contribution in [0.1, 0.15) is 30.0 Å². The Hall–Kier alpha value is -2.53. The second kappa shape index (κ2) is 9.82. The number of nitrogens with zero attached hydrogens (tertiary/aromatic N) is 1. The molecule has 2 aromatic carbocycles. The predicted molar refractivity (Wildman–Crippen MR) is 104 cm³/mol. The van der Waals surface area contributed by atoms with Crippen LogP contribution in [0.5, 0.6) is 11.5 Å². The molecule has 0 aliphatic rings. The molecule has 138 valence electrons. The zero-order chi connectivity index (χ0) is 18.9. The van der Waals surface area contributed by atoms with Gasteiger partial charge in [-0.1, -0.05) is 17.7 Å². The van der Waals surface area contributed by atoms with Crippen molar-refractivity contribution < 1.29 is 14.3 Å². The van der Waals surface area contributed by atoms with Crippen molar-refractivity contribution in [1.29, 1.82) is 0 Å². The Bertz CT molecular complexity index is 791. The Morgan fingerprint density at radius 1 is 1.12 bits per heavy atom. The summed E-state index contributed by atoms with van der Waals surface area (Å²) >= 11 is 6.01. The topological polar surface area (TPSA) is 59.9 Å². The van der Waals surface area contributed by atoms with Crippen molar-refractivity contribution in [2.45, 2.75) is 27.2 Å². The quantitative estimate of drug-likeness (QED) is 0.426. The van der Waals surface area contributed by atoms with Gasteiger partial charge in [0.15, 0.2) is 0 Å². The van der Waals surface area contributed by atoms with Crippen molar-refractivity contribution in [3.8, 4) is 11.5 Å². The highest BCUT2D eigenvalue weighted by Crippen LogP contribution is 2.22. The van der Waals surface area contributed by atoms with Crippen molar-refractivity contribution in [3.63, 3.8) is 0 Å². The zero-order valence-corrected chi connectivity index (χ0v) is 16.0. The van der Waals surface area contributed by atoms with E-state index in [1.807, 2.05) is 12.1 Å². The summed E-state index contributed by atoms with van der Waals surface area (Å²) in [5, 5.41) is 4.42. The standard InChI is InChI=1S/C20H23ClN2O3/c1-14-5-7-19(11-15(14)2)25-9-4-10-26-20-8-6-18(21)12-17(20)13-22-23-16(3)24/h5-8,11-13H,4,9-10H2,1-3H3,(H,23,24)/b22-13-. The Morgan fingerprint density at radius 2 is 1.88 bits per heavy atom. The van der Waals surface area contributed by atoms with Gasteiger partial charge in [-0.3, -0.25) is 4.79 Å². The monoisotopic (exact) mass is 374 g/mol. The molecule has 2 rings (SSSR count). The Kier molecular flexibility index (Phi) is 7.48. The number of rotatable bonds is 8. The van der Waals surface area contributed by atoms with E-state index in [2.05, 4.69) is 30.4 Å². The molecule has 1 N–H and O–H groups in total. The Balaban J connectivity index is 1.84. The van der Waals surface area contributed by atoms with Gasteiger partial charge in [-0.05, 0) is 55.3 Å². The fourth-order valence-corrected chi connectivity index (χ4v) is 2.36. The van der Waals surface area contributed by atoms with Crippen molar-refractivity contribution in [2.75, 3.05) is 13.2 Å². The summed E-state index contributed by atoms with van der Waals surface area (Å²) in [4.78, 5) is 10.9. The molecular weight excluding hydrogens is 352 g/mol. The molecule has 0 spiro atoms. The van der Waals surface area contributed by atoms with E-state index in [9.17, 15) is 4.79 Å². The van der Waals surface area contributed by atoms with Crippen LogP contribution >= 0.6 is 11.6 Å². The zero-order valence-electron chi connectivity index (χ0n) is 15.2. The molecule has 0 atom stereocenters. The van der Waals surface area contributed by atoms with Crippen LogP contribution in [0, 0.1) is 13.8 Å². The summed E-state index contributed by atoms with van der Waals surface area (Å²) < 4.78 is 11.5. The fraction of sp³-hybridized carbons (Fsp3) is 0.300. The van der Waals surface area contributed by atoms with Crippen molar-refractivity contribution in [1.82, 2.24) is 5.43 Å². The number of carbonyl (C=O) groups excluding carboxylic acids is 1. The second-order valence-corrected chi connectivity index (χ2v) is 6.34. The number of ether oxygens (including phenoxy) is 2. The second-order valence-electron chi connectivity index (χ2n) is 5.90. The summed E-state index contributed by atoms with van der Waals surface area (Å²) in [6.07, 6.45) is 2.24. The number of hydrogen-bond acceptors (Lipinski definition) is 4. The number of hydrazone groups is 1. The molecule has 0 saturated heterocycles. The van der Waals surface area contributed by atoms with E-state index in [0.29, 0.717) is 29.5 Å². The van der Waals surface area contributed by atoms with E-state index in [1.54, 1.807) is 18.2 Å². The first kappa shape index (κ1) is 19.8. The van der Waals surface area contributed by atoms with Crippen molar-refractivity contribution in [3.05, 3.63) is 58.1 Å². The Morgan fingerprint density at radius 3 is 2.62 bits per heavy atom. The van der Waals surface area contributed by atoms with Gasteiger partial charge in [-0.2, -0.15) is 5.10 Å². The van der Waals surface area contributed by atoms with Gasteiger partial charge in [-0.25, -0.2) is 5.43 Å². The van der Waals surface area contributed by atoms with Crippen LogP contribution in [0.2, 0.25) is 5.02 Å². The average molecular weight is 375 g/mol. The predicted octanol–water partition coefficient (Wildman–Crippen LogP) is 4.27. The molecule has 0 radical (unpaired) electrons. The summed E-state index contributed by atoms with van der Waals surface area (Å²) in [5.74, 6) is 1.27. The molecule has 0 fully saturated rings. The van der Waals surface area contributed by atoms with Gasteiger partial charge in [0.2, 0.25) is 5.91 Å². The minimum atomic E-state index is -0.241. The normalized spacial score (nSPS) is 10.8. The lowest BCUT2D eigenvalue weighted by Crippen LogP contribution is -2.12. The summed E-state index contributed by atoms with van der Waals surface area (Å²) in [6.45, 7) is 6.59. The molecule has 0 unspecified atom stereocenters. The van der Waals surface area contributed by atoms with Gasteiger partial charge in [0.05, 0.1) is 19.4 Å². The first-order valence-electron chi connectivity index (χ1n) is 8.38. The van der Waals surface area contributed by atoms with Gasteiger partial charge < -0.3 is 9.47 Å². The molecule has 5 nitrogen and oxygen atoms in total. The maximum Gasteiger partial charge on any atom is 0.236 e. The van der Waals surface area contributed by atoms with E-state index in [0.717, 1.165) is 12.2 Å². The highest BCUT2D eigenvalue weighted by atomic mass is 35.5. The fourth-order valence-electron chi connectivity index (χ4n) is 2.18. The lowest BCUT2D eigenvalue weighted by Gasteiger charge is -2.11. The lowest BCUT2D eigenvalue weighted by atomic mass is 10.1. The molecule has 2 aromatic rings. The van der Waals surface area contributed by atoms with Gasteiger partial charge in [-0.15, -0.1) is 0 Å². The number of nitrogens with one attached hydrogen (secondary N) is 1. The van der Waals surface area contributed by atoms with Crippen LogP contribution < -0.4 is 14.9 Å². The molecule has 26 heavy (non-hydrogen) atoms. The van der Waals surface area contributed by atoms with Crippen molar-refractivity contribution >= 4 is 23.7 Å². The number of hydrogen-bond donors (Lipinski definition) is 1. The molecule has 6 heteroatoms. The van der Waals surface area contributed by atoms with E-state index in [-0.39, 0.29) is 5.91 Å². The van der Waals surface area contributed by atoms with Gasteiger partial charge in [0, 0.05) is 23.9 Å². The van der Waals surface area contributed by atoms with Crippen molar-refractivity contribution in [2.24, 2.45) is 5.10 Å². The van der Waals surface area contributed by atoms with Crippen LogP contribution in [0.15, 0.2) is 41.5 Å². The molecule has 0 saturated carbocycles. The molecule has 0 aliphatic heterocycles. The van der Waals surface area contributed by atoms with Crippen LogP contribution in [-0.2, 0) is 4.79 Å². The highest BCUT2D eigenvalue weighted by Gasteiger charge is 2.04. The molecule has 0 bridgehead atoms. The number of carbonyl (C=O) groups is 1. The van der Waals surface area contributed by atoms with Crippen LogP contribution in [-0.4, -0.2) is 25.3 Å². The third-order valence-corrected chi connectivity index (χ3v) is 3.93. The molecule has 1 amide bonds. The van der Waals surface area contributed by atoms with Gasteiger partial charge in [0.1, 0.15) is 11.5 Å². The van der Waals surface area contributed by atoms with E-state index in [1.165, 1.54) is 24.3 Å². The number of benzene rings is 2. The average Bonchev–Trinajstić information content (AvgIpc) is 2.59. The Labute approximate surface area is 159 Å². The summed E-state index contributed by atoms with van der Waals surface area (Å²) in [6, 6.07) is 11.3. The molecule has 0 aromatic heterocycles. The van der Waals surface area contributed by atoms with E-state index < -0.39 is 0 Å². The lowest BCUT2D eigenvalue weighted by molar-refractivity contribution is -0.118. The van der Waals surface area contributed by atoms with E-state index >= 15 is 0 Å². The molecular formula is C20H23ClN2O3. The minimum Gasteiger partial charge on any atom is -0.493 e. The van der Waals surface area contributed by atoms with E-state index in [4.69, 9.17) is 21.1 Å². The highest BCUT2D eigenvalue weighted by molar-refractivity contribution is 6.30. The number of amides is 1. The molecule has 0 heterocycles. The minimum absolute atomic E-state index is 0.241. The third-order valence-electron chi connectivity index (χ3n) is 3.69. The molecule has 0 aliphatic carbocycles. The SMILES string of the molecule is CC(=O)N/N=C\c1cc(Cl)ccc1OCCCOc1ccc(C)c(C)c1. The third kappa shape index (κ3) is 6.41. The van der Waals surface area contributed by atoms with Gasteiger partial charge >= 0.3 is 0 Å². The summed E-state index contributed by atoms with van der Waals surface area (Å²) in [5.41, 5.74) is 5.51. The maximum absolute atomic E-state index is 10.9. The summed E-state index contributed by atoms with van der Waals surface area (Å²) in [7, 11) is 0.